The zero-order chi connectivity index (χ0) is 19.3. The fourth-order valence-electron chi connectivity index (χ4n) is 2.49. The topological polar surface area (TPSA) is 67.4 Å². The van der Waals surface area contributed by atoms with E-state index in [9.17, 15) is 9.59 Å². The van der Waals surface area contributed by atoms with Crippen LogP contribution in [0.3, 0.4) is 0 Å². The summed E-state index contributed by atoms with van der Waals surface area (Å²) in [5.41, 5.74) is 2.01. The molecule has 0 aliphatic carbocycles. The Morgan fingerprint density at radius 2 is 1.73 bits per heavy atom. The molecule has 0 saturated heterocycles. The second-order valence-electron chi connectivity index (χ2n) is 6.40. The third-order valence-electron chi connectivity index (χ3n) is 3.95. The van der Waals surface area contributed by atoms with Crippen molar-refractivity contribution in [3.8, 4) is 5.75 Å². The molecule has 2 rings (SSSR count). The van der Waals surface area contributed by atoms with Gasteiger partial charge in [0.15, 0.2) is 0 Å². The number of hydrogen-bond acceptors (Lipinski definition) is 3. The molecular formula is C20H23ClN2O3. The zero-order valence-electron chi connectivity index (χ0n) is 15.3. The molecule has 0 spiro atoms. The largest absolute Gasteiger partial charge is 0.495 e. The molecule has 5 nitrogen and oxygen atoms in total. The van der Waals surface area contributed by atoms with E-state index in [1.54, 1.807) is 37.4 Å². The molecular weight excluding hydrogens is 352 g/mol. The first-order chi connectivity index (χ1) is 12.3. The summed E-state index contributed by atoms with van der Waals surface area (Å²) in [6.45, 7) is 5.68. The van der Waals surface area contributed by atoms with Crippen molar-refractivity contribution in [2.45, 2.75) is 26.8 Å². The quantitative estimate of drug-likeness (QED) is 0.801. The van der Waals surface area contributed by atoms with Crippen LogP contribution in [0.15, 0.2) is 42.5 Å². The molecule has 2 aromatic rings. The Balaban J connectivity index is 2.16. The molecule has 0 aliphatic rings. The fraction of sp³-hybridized carbons (Fsp3) is 0.300. The van der Waals surface area contributed by atoms with E-state index in [-0.39, 0.29) is 17.7 Å². The van der Waals surface area contributed by atoms with E-state index in [0.29, 0.717) is 22.0 Å². The number of ether oxygens (including phenoxy) is 1. The van der Waals surface area contributed by atoms with Crippen molar-refractivity contribution in [3.63, 3.8) is 0 Å². The van der Waals surface area contributed by atoms with Crippen LogP contribution in [0.4, 0.5) is 5.69 Å². The minimum atomic E-state index is -0.691. The molecule has 0 saturated carbocycles. The molecule has 0 bridgehead atoms. The van der Waals surface area contributed by atoms with E-state index in [2.05, 4.69) is 10.6 Å². The van der Waals surface area contributed by atoms with Gasteiger partial charge < -0.3 is 15.4 Å². The second kappa shape index (κ2) is 8.72. The van der Waals surface area contributed by atoms with Crippen LogP contribution in [0.5, 0.6) is 5.75 Å². The van der Waals surface area contributed by atoms with Crippen LogP contribution in [-0.4, -0.2) is 25.0 Å². The number of carbonyl (C=O) groups excluding carboxylic acids is 2. The summed E-state index contributed by atoms with van der Waals surface area (Å²) < 4.78 is 5.29. The minimum absolute atomic E-state index is 0.0953. The first kappa shape index (κ1) is 19.8. The van der Waals surface area contributed by atoms with Gasteiger partial charge in [0.25, 0.3) is 5.91 Å². The summed E-state index contributed by atoms with van der Waals surface area (Å²) in [4.78, 5) is 25.2. The highest BCUT2D eigenvalue weighted by atomic mass is 35.5. The lowest BCUT2D eigenvalue weighted by molar-refractivity contribution is -0.118. The molecule has 26 heavy (non-hydrogen) atoms. The molecule has 2 N–H and O–H groups in total. The number of amides is 2. The lowest BCUT2D eigenvalue weighted by Gasteiger charge is -2.22. The molecule has 0 fully saturated rings. The summed E-state index contributed by atoms with van der Waals surface area (Å²) in [7, 11) is 1.54. The number of benzene rings is 2. The van der Waals surface area contributed by atoms with Crippen LogP contribution in [0.1, 0.15) is 29.8 Å². The molecule has 138 valence electrons. The lowest BCUT2D eigenvalue weighted by atomic mass is 10.0. The van der Waals surface area contributed by atoms with Gasteiger partial charge in [0.2, 0.25) is 5.91 Å². The van der Waals surface area contributed by atoms with Crippen LogP contribution in [-0.2, 0) is 4.79 Å². The van der Waals surface area contributed by atoms with E-state index in [1.807, 2.05) is 32.9 Å². The van der Waals surface area contributed by atoms with Gasteiger partial charge in [-0.15, -0.1) is 0 Å². The maximum Gasteiger partial charge on any atom is 0.251 e. The van der Waals surface area contributed by atoms with Crippen molar-refractivity contribution >= 4 is 29.1 Å². The fourth-order valence-corrected chi connectivity index (χ4v) is 2.62. The molecule has 6 heteroatoms. The van der Waals surface area contributed by atoms with Crippen LogP contribution < -0.4 is 15.4 Å². The minimum Gasteiger partial charge on any atom is -0.495 e. The lowest BCUT2D eigenvalue weighted by Crippen LogP contribution is -2.47. The molecule has 0 radical (unpaired) electrons. The van der Waals surface area contributed by atoms with Crippen molar-refractivity contribution in [3.05, 3.63) is 58.6 Å². The standard InChI is InChI=1S/C20H23ClN2O3/c1-12(2)18(23-19(24)14-6-8-15(21)9-7-14)20(25)22-16-11-13(3)5-10-17(16)26-4/h5-12,18H,1-4H3,(H,22,25)(H,23,24). The normalized spacial score (nSPS) is 11.8. The summed E-state index contributed by atoms with van der Waals surface area (Å²) in [6.07, 6.45) is 0. The number of aryl methyl sites for hydroxylation is 1. The summed E-state index contributed by atoms with van der Waals surface area (Å²) in [6, 6.07) is 11.3. The maximum atomic E-state index is 12.8. The van der Waals surface area contributed by atoms with E-state index < -0.39 is 6.04 Å². The average Bonchev–Trinajstić information content (AvgIpc) is 2.59. The highest BCUT2D eigenvalue weighted by Gasteiger charge is 2.25. The SMILES string of the molecule is COc1ccc(C)cc1NC(=O)C(NC(=O)c1ccc(Cl)cc1)C(C)C. The van der Waals surface area contributed by atoms with E-state index in [4.69, 9.17) is 16.3 Å². The Morgan fingerprint density at radius 3 is 2.31 bits per heavy atom. The third kappa shape index (κ3) is 4.99. The first-order valence-corrected chi connectivity index (χ1v) is 8.71. The van der Waals surface area contributed by atoms with Gasteiger partial charge in [-0.05, 0) is 54.8 Å². The molecule has 0 aliphatic heterocycles. The van der Waals surface area contributed by atoms with E-state index in [1.165, 1.54) is 0 Å². The van der Waals surface area contributed by atoms with Crippen LogP contribution >= 0.6 is 11.6 Å². The van der Waals surface area contributed by atoms with Crippen molar-refractivity contribution in [2.75, 3.05) is 12.4 Å². The van der Waals surface area contributed by atoms with Crippen LogP contribution in [0, 0.1) is 12.8 Å². The van der Waals surface area contributed by atoms with Gasteiger partial charge in [-0.25, -0.2) is 0 Å². The molecule has 2 amide bonds. The number of methoxy groups -OCH3 is 1. The Kier molecular flexibility index (Phi) is 6.64. The Bertz CT molecular complexity index is 788. The highest BCUT2D eigenvalue weighted by Crippen LogP contribution is 2.25. The molecule has 0 aromatic heterocycles. The molecule has 0 heterocycles. The number of carbonyl (C=O) groups is 2. The van der Waals surface area contributed by atoms with Crippen molar-refractivity contribution < 1.29 is 14.3 Å². The van der Waals surface area contributed by atoms with E-state index >= 15 is 0 Å². The van der Waals surface area contributed by atoms with E-state index in [0.717, 1.165) is 5.56 Å². The van der Waals surface area contributed by atoms with Crippen molar-refractivity contribution in [1.82, 2.24) is 5.32 Å². The van der Waals surface area contributed by atoms with Gasteiger partial charge >= 0.3 is 0 Å². The Hall–Kier alpha value is -2.53. The number of rotatable bonds is 6. The maximum absolute atomic E-state index is 12.8. The second-order valence-corrected chi connectivity index (χ2v) is 6.83. The zero-order valence-corrected chi connectivity index (χ0v) is 16.1. The molecule has 1 atom stereocenters. The number of nitrogens with one attached hydrogen (secondary N) is 2. The van der Waals surface area contributed by atoms with Gasteiger partial charge in [-0.3, -0.25) is 9.59 Å². The Labute approximate surface area is 158 Å². The smallest absolute Gasteiger partial charge is 0.251 e. The van der Waals surface area contributed by atoms with Crippen LogP contribution in [0.25, 0.3) is 0 Å². The third-order valence-corrected chi connectivity index (χ3v) is 4.21. The van der Waals surface area contributed by atoms with Gasteiger partial charge in [-0.2, -0.15) is 0 Å². The van der Waals surface area contributed by atoms with Gasteiger partial charge in [0.1, 0.15) is 11.8 Å². The Morgan fingerprint density at radius 1 is 1.08 bits per heavy atom. The van der Waals surface area contributed by atoms with Gasteiger partial charge in [0, 0.05) is 10.6 Å². The summed E-state index contributed by atoms with van der Waals surface area (Å²) in [5.74, 6) is -0.157. The van der Waals surface area contributed by atoms with Crippen molar-refractivity contribution in [2.24, 2.45) is 5.92 Å². The summed E-state index contributed by atoms with van der Waals surface area (Å²) >= 11 is 5.85. The first-order valence-electron chi connectivity index (χ1n) is 8.33. The number of anilines is 1. The molecule has 2 aromatic carbocycles. The van der Waals surface area contributed by atoms with Crippen molar-refractivity contribution in [1.29, 1.82) is 0 Å². The predicted octanol–water partition coefficient (Wildman–Crippen LogP) is 4.05. The summed E-state index contributed by atoms with van der Waals surface area (Å²) in [5, 5.41) is 6.19. The predicted molar refractivity (Wildman–Crippen MR) is 104 cm³/mol. The van der Waals surface area contributed by atoms with Gasteiger partial charge in [-0.1, -0.05) is 31.5 Å². The van der Waals surface area contributed by atoms with Crippen LogP contribution in [0.2, 0.25) is 5.02 Å². The monoisotopic (exact) mass is 374 g/mol. The number of halogens is 1. The number of hydrogen-bond donors (Lipinski definition) is 2. The molecule has 1 unspecified atom stereocenters. The average molecular weight is 375 g/mol. The highest BCUT2D eigenvalue weighted by molar-refractivity contribution is 6.30. The van der Waals surface area contributed by atoms with Gasteiger partial charge in [0.05, 0.1) is 12.8 Å².